The highest BCUT2D eigenvalue weighted by Gasteiger charge is 2.05. The summed E-state index contributed by atoms with van der Waals surface area (Å²) in [5.41, 5.74) is 0.965. The molecule has 0 bridgehead atoms. The molecule has 1 aromatic rings. The van der Waals surface area contributed by atoms with E-state index in [0.29, 0.717) is 6.54 Å². The first-order valence-corrected chi connectivity index (χ1v) is 6.25. The lowest BCUT2D eigenvalue weighted by Gasteiger charge is -2.10. The van der Waals surface area contributed by atoms with Crippen molar-refractivity contribution in [3.8, 4) is 12.3 Å². The van der Waals surface area contributed by atoms with Gasteiger partial charge < -0.3 is 0 Å². The van der Waals surface area contributed by atoms with Gasteiger partial charge in [0, 0.05) is 21.7 Å². The van der Waals surface area contributed by atoms with Crippen molar-refractivity contribution in [2.24, 2.45) is 0 Å². The molecule has 0 radical (unpaired) electrons. The molecule has 4 heteroatoms. The van der Waals surface area contributed by atoms with Crippen LogP contribution < -0.4 is 5.32 Å². The molecule has 1 heterocycles. The molecule has 1 N–H and O–H groups in total. The smallest absolute Gasteiger partial charge is 0.0687 e. The fraction of sp³-hybridized carbons (Fsp3) is 0.364. The summed E-state index contributed by atoms with van der Waals surface area (Å²) in [4.78, 5) is 4.29. The highest BCUT2D eigenvalue weighted by molar-refractivity contribution is 9.11. The van der Waals surface area contributed by atoms with Gasteiger partial charge in [0.25, 0.3) is 0 Å². The van der Waals surface area contributed by atoms with Crippen LogP contribution in [0, 0.1) is 12.3 Å². The average molecular weight is 332 g/mol. The Kier molecular flexibility index (Phi) is 5.30. The second-order valence-electron chi connectivity index (χ2n) is 3.09. The van der Waals surface area contributed by atoms with E-state index in [1.54, 1.807) is 6.20 Å². The Hall–Kier alpha value is -0.370. The van der Waals surface area contributed by atoms with E-state index >= 15 is 0 Å². The van der Waals surface area contributed by atoms with Crippen LogP contribution in [-0.4, -0.2) is 11.0 Å². The number of aromatic nitrogens is 1. The van der Waals surface area contributed by atoms with Crippen molar-refractivity contribution in [3.63, 3.8) is 0 Å². The Bertz CT molecular complexity index is 371. The zero-order valence-corrected chi connectivity index (χ0v) is 11.6. The molecular formula is C11H12Br2N2. The number of nitrogens with one attached hydrogen (secondary N) is 1. The summed E-state index contributed by atoms with van der Waals surface area (Å²) in [6, 6.07) is 2.09. The van der Waals surface area contributed by atoms with Crippen LogP contribution in [0.4, 0.5) is 0 Å². The quantitative estimate of drug-likeness (QED) is 0.857. The van der Waals surface area contributed by atoms with Crippen LogP contribution in [0.15, 0.2) is 21.2 Å². The molecule has 0 spiro atoms. The van der Waals surface area contributed by atoms with Gasteiger partial charge in [-0.3, -0.25) is 10.3 Å². The second-order valence-corrected chi connectivity index (χ2v) is 4.86. The molecule has 0 aromatic carbocycles. The topological polar surface area (TPSA) is 24.9 Å². The molecule has 1 rings (SSSR count). The Labute approximate surface area is 107 Å². The number of pyridine rings is 1. The maximum Gasteiger partial charge on any atom is 0.0687 e. The van der Waals surface area contributed by atoms with Crippen molar-refractivity contribution in [3.05, 3.63) is 26.9 Å². The highest BCUT2D eigenvalue weighted by Crippen LogP contribution is 2.19. The first kappa shape index (κ1) is 12.7. The molecule has 1 atom stereocenters. The maximum atomic E-state index is 5.36. The van der Waals surface area contributed by atoms with Gasteiger partial charge in [0.2, 0.25) is 0 Å². The number of terminal acetylenes is 1. The number of nitrogens with zero attached hydrogens (tertiary/aromatic N) is 1. The van der Waals surface area contributed by atoms with Crippen molar-refractivity contribution < 1.29 is 0 Å². The summed E-state index contributed by atoms with van der Waals surface area (Å²) in [5, 5.41) is 3.25. The Morgan fingerprint density at radius 1 is 1.60 bits per heavy atom. The van der Waals surface area contributed by atoms with Gasteiger partial charge in [-0.15, -0.1) is 6.42 Å². The summed E-state index contributed by atoms with van der Waals surface area (Å²) in [5.74, 6) is 2.69. The van der Waals surface area contributed by atoms with E-state index in [2.05, 4.69) is 55.0 Å². The minimum Gasteiger partial charge on any atom is -0.298 e. The van der Waals surface area contributed by atoms with E-state index in [-0.39, 0.29) is 6.04 Å². The summed E-state index contributed by atoms with van der Waals surface area (Å²) in [7, 11) is 0. The summed E-state index contributed by atoms with van der Waals surface area (Å²) >= 11 is 6.82. The van der Waals surface area contributed by atoms with Crippen LogP contribution in [-0.2, 0) is 6.54 Å². The normalized spacial score (nSPS) is 12.1. The molecule has 0 saturated carbocycles. The highest BCUT2D eigenvalue weighted by atomic mass is 79.9. The van der Waals surface area contributed by atoms with Crippen molar-refractivity contribution in [2.45, 2.75) is 25.9 Å². The van der Waals surface area contributed by atoms with Gasteiger partial charge in [0.05, 0.1) is 11.7 Å². The van der Waals surface area contributed by atoms with Gasteiger partial charge in [-0.1, -0.05) is 12.8 Å². The molecule has 1 aromatic heterocycles. The molecular weight excluding hydrogens is 320 g/mol. The zero-order chi connectivity index (χ0) is 11.3. The van der Waals surface area contributed by atoms with E-state index in [1.807, 2.05) is 6.07 Å². The van der Waals surface area contributed by atoms with Crippen LogP contribution in [0.5, 0.6) is 0 Å². The second kappa shape index (κ2) is 6.26. The Balaban J connectivity index is 2.62. The van der Waals surface area contributed by atoms with Crippen LogP contribution in [0.3, 0.4) is 0 Å². The molecule has 0 aliphatic rings. The monoisotopic (exact) mass is 330 g/mol. The molecule has 2 nitrogen and oxygen atoms in total. The fourth-order valence-corrected chi connectivity index (χ4v) is 2.24. The summed E-state index contributed by atoms with van der Waals surface area (Å²) in [6.07, 6.45) is 8.06. The molecule has 0 fully saturated rings. The third-order valence-corrected chi connectivity index (χ3v) is 3.13. The van der Waals surface area contributed by atoms with E-state index in [0.717, 1.165) is 21.1 Å². The number of halogens is 2. The molecule has 0 saturated heterocycles. The van der Waals surface area contributed by atoms with Gasteiger partial charge >= 0.3 is 0 Å². The summed E-state index contributed by atoms with van der Waals surface area (Å²) in [6.45, 7) is 2.73. The minimum atomic E-state index is 0.113. The van der Waals surface area contributed by atoms with E-state index in [4.69, 9.17) is 6.42 Å². The zero-order valence-electron chi connectivity index (χ0n) is 8.43. The van der Waals surface area contributed by atoms with Crippen LogP contribution in [0.2, 0.25) is 0 Å². The van der Waals surface area contributed by atoms with Crippen LogP contribution in [0.1, 0.15) is 19.0 Å². The predicted octanol–water partition coefficient (Wildman–Crippen LogP) is 3.11. The van der Waals surface area contributed by atoms with E-state index in [9.17, 15) is 0 Å². The van der Waals surface area contributed by atoms with Gasteiger partial charge in [0.1, 0.15) is 0 Å². The maximum absolute atomic E-state index is 5.36. The van der Waals surface area contributed by atoms with Crippen molar-refractivity contribution in [1.82, 2.24) is 10.3 Å². The predicted molar refractivity (Wildman–Crippen MR) is 69.4 cm³/mol. The first-order chi connectivity index (χ1) is 7.17. The fourth-order valence-electron chi connectivity index (χ4n) is 1.11. The molecule has 1 unspecified atom stereocenters. The van der Waals surface area contributed by atoms with E-state index in [1.165, 1.54) is 0 Å². The Morgan fingerprint density at radius 2 is 2.33 bits per heavy atom. The van der Waals surface area contributed by atoms with Crippen LogP contribution in [0.25, 0.3) is 0 Å². The molecule has 0 aliphatic carbocycles. The van der Waals surface area contributed by atoms with Gasteiger partial charge in [-0.2, -0.15) is 0 Å². The molecule has 0 amide bonds. The number of hydrogen-bond acceptors (Lipinski definition) is 2. The van der Waals surface area contributed by atoms with Gasteiger partial charge in [-0.25, -0.2) is 0 Å². The minimum absolute atomic E-state index is 0.113. The van der Waals surface area contributed by atoms with Crippen LogP contribution >= 0.6 is 31.9 Å². The average Bonchev–Trinajstić information content (AvgIpc) is 2.22. The third-order valence-electron chi connectivity index (χ3n) is 2.01. The number of rotatable bonds is 4. The van der Waals surface area contributed by atoms with Crippen molar-refractivity contribution in [1.29, 1.82) is 0 Å². The first-order valence-electron chi connectivity index (χ1n) is 4.66. The van der Waals surface area contributed by atoms with Gasteiger partial charge in [0.15, 0.2) is 0 Å². The Morgan fingerprint density at radius 3 is 2.87 bits per heavy atom. The number of hydrogen-bond donors (Lipinski definition) is 1. The summed E-state index contributed by atoms with van der Waals surface area (Å²) < 4.78 is 1.94. The lowest BCUT2D eigenvalue weighted by molar-refractivity contribution is 0.584. The van der Waals surface area contributed by atoms with E-state index < -0.39 is 0 Å². The van der Waals surface area contributed by atoms with Crippen molar-refractivity contribution >= 4 is 31.9 Å². The lowest BCUT2D eigenvalue weighted by Crippen LogP contribution is -2.26. The SMILES string of the molecule is C#CC(CC)NCc1ncc(Br)cc1Br. The van der Waals surface area contributed by atoms with Crippen molar-refractivity contribution in [2.75, 3.05) is 0 Å². The molecule has 80 valence electrons. The lowest BCUT2D eigenvalue weighted by atomic mass is 10.2. The molecule has 0 aliphatic heterocycles. The molecule has 15 heavy (non-hydrogen) atoms. The largest absolute Gasteiger partial charge is 0.298 e. The third kappa shape index (κ3) is 3.94. The van der Waals surface area contributed by atoms with Gasteiger partial charge in [-0.05, 0) is 44.3 Å². The standard InChI is InChI=1S/C11H12Br2N2/c1-3-9(4-2)14-7-11-10(13)5-8(12)6-15-11/h1,5-6,9,14H,4,7H2,2H3.